The summed E-state index contributed by atoms with van der Waals surface area (Å²) in [7, 11) is -3.88. The average Bonchev–Trinajstić information content (AvgIpc) is 2.67. The van der Waals surface area contributed by atoms with Gasteiger partial charge >= 0.3 is 0 Å². The van der Waals surface area contributed by atoms with Gasteiger partial charge in [0.1, 0.15) is 16.4 Å². The fourth-order valence-electron chi connectivity index (χ4n) is 2.80. The second-order valence-electron chi connectivity index (χ2n) is 5.87. The van der Waals surface area contributed by atoms with Crippen LogP contribution in [0.1, 0.15) is 44.1 Å². The van der Waals surface area contributed by atoms with E-state index in [1.165, 1.54) is 6.07 Å². The van der Waals surface area contributed by atoms with Crippen molar-refractivity contribution in [1.82, 2.24) is 9.62 Å². The molecule has 6 nitrogen and oxygen atoms in total. The molecule has 1 fully saturated rings. The summed E-state index contributed by atoms with van der Waals surface area (Å²) in [6, 6.07) is 0.975. The van der Waals surface area contributed by atoms with Crippen molar-refractivity contribution in [2.45, 2.75) is 57.4 Å². The third-order valence-corrected chi connectivity index (χ3v) is 5.54. The van der Waals surface area contributed by atoms with Crippen LogP contribution >= 0.6 is 0 Å². The van der Waals surface area contributed by atoms with Crippen molar-refractivity contribution in [2.24, 2.45) is 0 Å². The highest BCUT2D eigenvalue weighted by Gasteiger charge is 2.28. The Kier molecular flexibility index (Phi) is 5.28. The molecule has 124 valence electrons. The molecule has 1 atom stereocenters. The predicted molar refractivity (Wildman–Crippen MR) is 83.0 cm³/mol. The van der Waals surface area contributed by atoms with E-state index >= 15 is 0 Å². The summed E-state index contributed by atoms with van der Waals surface area (Å²) in [4.78, 5) is 14.4. The van der Waals surface area contributed by atoms with Gasteiger partial charge in [0.25, 0.3) is 15.9 Å². The first-order chi connectivity index (χ1) is 10.3. The van der Waals surface area contributed by atoms with Gasteiger partial charge in [-0.3, -0.25) is 9.69 Å². The van der Waals surface area contributed by atoms with Crippen molar-refractivity contribution >= 4 is 15.9 Å². The zero-order valence-electron chi connectivity index (χ0n) is 13.4. The Hall–Kier alpha value is -1.34. The zero-order valence-corrected chi connectivity index (χ0v) is 14.2. The first-order valence-corrected chi connectivity index (χ1v) is 9.17. The SMILES string of the molecule is Cc1cc(S(=O)(=O)NC(=O)[C@@H](C)N2CCCCCC2)c(C)o1. The molecule has 0 aliphatic carbocycles. The van der Waals surface area contributed by atoms with E-state index in [2.05, 4.69) is 4.72 Å². The van der Waals surface area contributed by atoms with Crippen LogP contribution in [0.4, 0.5) is 0 Å². The zero-order chi connectivity index (χ0) is 16.3. The number of carbonyl (C=O) groups excluding carboxylic acids is 1. The topological polar surface area (TPSA) is 79.6 Å². The molecule has 0 bridgehead atoms. The molecule has 1 aromatic rings. The fourth-order valence-corrected chi connectivity index (χ4v) is 4.08. The number of carbonyl (C=O) groups is 1. The Bertz CT molecular complexity index is 628. The van der Waals surface area contributed by atoms with Crippen LogP contribution in [0.2, 0.25) is 0 Å². The lowest BCUT2D eigenvalue weighted by Crippen LogP contribution is -2.47. The van der Waals surface area contributed by atoms with Crippen molar-refractivity contribution in [2.75, 3.05) is 13.1 Å². The number of aryl methyl sites for hydroxylation is 2. The van der Waals surface area contributed by atoms with Crippen molar-refractivity contribution in [1.29, 1.82) is 0 Å². The molecule has 0 unspecified atom stereocenters. The van der Waals surface area contributed by atoms with Gasteiger partial charge in [-0.05, 0) is 46.7 Å². The van der Waals surface area contributed by atoms with E-state index in [4.69, 9.17) is 4.42 Å². The van der Waals surface area contributed by atoms with Gasteiger partial charge in [0.05, 0.1) is 6.04 Å². The summed E-state index contributed by atoms with van der Waals surface area (Å²) in [6.45, 7) is 6.67. The minimum absolute atomic E-state index is 0.0291. The minimum atomic E-state index is -3.88. The number of furan rings is 1. The molecule has 1 aliphatic heterocycles. The number of hydrogen-bond donors (Lipinski definition) is 1. The molecule has 1 aromatic heterocycles. The Morgan fingerprint density at radius 1 is 1.23 bits per heavy atom. The number of nitrogens with one attached hydrogen (secondary N) is 1. The van der Waals surface area contributed by atoms with Crippen molar-refractivity contribution in [3.8, 4) is 0 Å². The lowest BCUT2D eigenvalue weighted by Gasteiger charge is -2.26. The normalized spacial score (nSPS) is 18.7. The van der Waals surface area contributed by atoms with Crippen LogP contribution in [-0.2, 0) is 14.8 Å². The number of sulfonamides is 1. The Morgan fingerprint density at radius 2 is 1.82 bits per heavy atom. The molecule has 0 aromatic carbocycles. The summed E-state index contributed by atoms with van der Waals surface area (Å²) in [5, 5.41) is 0. The maximum atomic E-state index is 12.3. The molecule has 1 aliphatic rings. The molecule has 1 amide bonds. The summed E-state index contributed by atoms with van der Waals surface area (Å²) in [5.74, 6) is 0.311. The molecule has 2 rings (SSSR count). The molecule has 0 radical (unpaired) electrons. The monoisotopic (exact) mass is 328 g/mol. The van der Waals surface area contributed by atoms with Gasteiger partial charge in [-0.1, -0.05) is 12.8 Å². The van der Waals surface area contributed by atoms with Gasteiger partial charge in [-0.25, -0.2) is 13.1 Å². The van der Waals surface area contributed by atoms with Gasteiger partial charge < -0.3 is 4.42 Å². The highest BCUT2D eigenvalue weighted by Crippen LogP contribution is 2.19. The number of likely N-dealkylation sites (tertiary alicyclic amines) is 1. The van der Waals surface area contributed by atoms with Crippen LogP contribution in [0.5, 0.6) is 0 Å². The predicted octanol–water partition coefficient (Wildman–Crippen LogP) is 1.97. The van der Waals surface area contributed by atoms with Crippen molar-refractivity contribution in [3.05, 3.63) is 17.6 Å². The Morgan fingerprint density at radius 3 is 2.32 bits per heavy atom. The van der Waals surface area contributed by atoms with E-state index in [0.29, 0.717) is 11.5 Å². The average molecular weight is 328 g/mol. The third-order valence-electron chi connectivity index (χ3n) is 4.09. The molecule has 1 saturated heterocycles. The lowest BCUT2D eigenvalue weighted by molar-refractivity contribution is -0.124. The van der Waals surface area contributed by atoms with Crippen molar-refractivity contribution in [3.63, 3.8) is 0 Å². The van der Waals surface area contributed by atoms with Crippen LogP contribution in [0.15, 0.2) is 15.4 Å². The van der Waals surface area contributed by atoms with Gasteiger partial charge in [-0.2, -0.15) is 0 Å². The first-order valence-electron chi connectivity index (χ1n) is 7.69. The molecule has 2 heterocycles. The molecule has 0 spiro atoms. The summed E-state index contributed by atoms with van der Waals surface area (Å²) >= 11 is 0. The second kappa shape index (κ2) is 6.83. The summed E-state index contributed by atoms with van der Waals surface area (Å²) in [6.07, 6.45) is 4.42. The van der Waals surface area contributed by atoms with Crippen LogP contribution in [0, 0.1) is 13.8 Å². The van der Waals surface area contributed by atoms with Crippen LogP contribution in [0.25, 0.3) is 0 Å². The molecule has 22 heavy (non-hydrogen) atoms. The maximum Gasteiger partial charge on any atom is 0.267 e. The highest BCUT2D eigenvalue weighted by atomic mass is 32.2. The smallest absolute Gasteiger partial charge is 0.267 e. The fraction of sp³-hybridized carbons (Fsp3) is 0.667. The lowest BCUT2D eigenvalue weighted by atomic mass is 10.2. The largest absolute Gasteiger partial charge is 0.465 e. The summed E-state index contributed by atoms with van der Waals surface area (Å²) in [5.41, 5.74) is 0. The van der Waals surface area contributed by atoms with E-state index in [1.54, 1.807) is 20.8 Å². The maximum absolute atomic E-state index is 12.3. The highest BCUT2D eigenvalue weighted by molar-refractivity contribution is 7.90. The van der Waals surface area contributed by atoms with E-state index in [9.17, 15) is 13.2 Å². The second-order valence-corrected chi connectivity index (χ2v) is 7.52. The Labute approximate surface area is 131 Å². The quantitative estimate of drug-likeness (QED) is 0.914. The number of nitrogens with zero attached hydrogens (tertiary/aromatic N) is 1. The molecular weight excluding hydrogens is 304 g/mol. The van der Waals surface area contributed by atoms with Crippen LogP contribution in [0.3, 0.4) is 0 Å². The van der Waals surface area contributed by atoms with E-state index in [1.807, 2.05) is 4.90 Å². The van der Waals surface area contributed by atoms with E-state index in [-0.39, 0.29) is 4.90 Å². The minimum Gasteiger partial charge on any atom is -0.465 e. The third kappa shape index (κ3) is 3.89. The van der Waals surface area contributed by atoms with Gasteiger partial charge in [0, 0.05) is 6.07 Å². The molecule has 0 saturated carbocycles. The van der Waals surface area contributed by atoms with E-state index < -0.39 is 22.0 Å². The number of amides is 1. The number of hydrogen-bond acceptors (Lipinski definition) is 5. The van der Waals surface area contributed by atoms with Gasteiger partial charge in [0.15, 0.2) is 0 Å². The van der Waals surface area contributed by atoms with Gasteiger partial charge in [0.2, 0.25) is 0 Å². The first kappa shape index (κ1) is 17.0. The summed E-state index contributed by atoms with van der Waals surface area (Å²) < 4.78 is 32.1. The molecule has 7 heteroatoms. The number of rotatable bonds is 4. The Balaban J connectivity index is 2.08. The van der Waals surface area contributed by atoms with Crippen LogP contribution < -0.4 is 4.72 Å². The van der Waals surface area contributed by atoms with Gasteiger partial charge in [-0.15, -0.1) is 0 Å². The standard InChI is InChI=1S/C15H24N2O4S/c1-11-10-14(13(3)21-11)22(19,20)16-15(18)12(2)17-8-6-4-5-7-9-17/h10,12H,4-9H2,1-3H3,(H,16,18)/t12-/m1/s1. The van der Waals surface area contributed by atoms with E-state index in [0.717, 1.165) is 38.8 Å². The van der Waals surface area contributed by atoms with Crippen LogP contribution in [-0.4, -0.2) is 38.4 Å². The van der Waals surface area contributed by atoms with Crippen molar-refractivity contribution < 1.29 is 17.6 Å². The molecular formula is C15H24N2O4S. The molecule has 1 N–H and O–H groups in total.